The van der Waals surface area contributed by atoms with E-state index in [9.17, 15) is 33.6 Å². The Balaban J connectivity index is -0.000000446. The van der Waals surface area contributed by atoms with Crippen molar-refractivity contribution in [3.8, 4) is 0 Å². The Labute approximate surface area is 716 Å². The highest BCUT2D eigenvalue weighted by Gasteiger charge is 2.41. The number of carbonyl (C=O) groups excluding carboxylic acids is 7. The van der Waals surface area contributed by atoms with Crippen LogP contribution in [0, 0.1) is 64.1 Å². The van der Waals surface area contributed by atoms with E-state index >= 15 is 0 Å². The first kappa shape index (κ1) is 121. The Bertz CT molecular complexity index is 2340. The lowest BCUT2D eigenvalue weighted by Gasteiger charge is -2.38. The third-order valence-electron chi connectivity index (χ3n) is 19.2. The molecule has 20 nitrogen and oxygen atoms in total. The van der Waals surface area contributed by atoms with E-state index in [1.54, 1.807) is 0 Å². The van der Waals surface area contributed by atoms with Gasteiger partial charge in [0.05, 0.1) is 125 Å². The molecule has 0 heterocycles. The average molecular weight is 1660 g/mol. The van der Waals surface area contributed by atoms with Crippen molar-refractivity contribution in [1.29, 1.82) is 0 Å². The second-order valence-corrected chi connectivity index (χ2v) is 40.4. The van der Waals surface area contributed by atoms with E-state index in [0.29, 0.717) is 96.0 Å². The summed E-state index contributed by atoms with van der Waals surface area (Å²) in [6, 6.07) is -0.0255. The standard InChI is InChI=1S/C23H41NO4.C20H40N4O3.C20H42.C17H36O4.C16H35NO3/c1-14(2)21(26)12-9-18(22(27)15(3)4)13-19(25)10-11-20(24-17(7)8)23(28)16(5)6;1-14(2)9-11-24(20(27)23-17(7)8,13-19(26)22-16(5)6)12-10-18(25)21-15(3)4;1-16(2)9-12-20(15-19(7)8,13-10-17(3)4)14-11-18(5)6;1-13(2)18-9-17(10-19-14(3)4,11-20-15(5)6)12-21-16(7)8;1-12(2)17-16(9-18-13(3)4,10-19-14(5)6)11-20-15(7)8/h14-18,20,24H,9-13H2,1-8H3;14-17H,9-13H2,1-8H3,(H2-,21,22,23,25,26,27);16-19H,9-15H2,1-8H3;13-16H,9-12H2,1-8H3;12-15,17H,9-11H2,1-8H3/p+1. The molecule has 0 aliphatic carbocycles. The quantitative estimate of drug-likeness (QED) is 0.0355. The zero-order chi connectivity index (χ0) is 91.2. The minimum absolute atomic E-state index is 0.00176. The van der Waals surface area contributed by atoms with E-state index in [1.807, 2.05) is 194 Å². The third kappa shape index (κ3) is 68.3. The number of rotatable bonds is 60. The first-order chi connectivity index (χ1) is 53.2. The summed E-state index contributed by atoms with van der Waals surface area (Å²) < 4.78 is 41.0. The van der Waals surface area contributed by atoms with Gasteiger partial charge in [0.15, 0.2) is 12.3 Å². The summed E-state index contributed by atoms with van der Waals surface area (Å²) in [4.78, 5) is 87.2. The van der Waals surface area contributed by atoms with Gasteiger partial charge in [-0.3, -0.25) is 28.8 Å². The van der Waals surface area contributed by atoms with Crippen molar-refractivity contribution in [2.45, 2.75) is 451 Å². The molecule has 0 spiro atoms. The number of amides is 4. The number of quaternary nitrogens is 1. The third-order valence-corrected chi connectivity index (χ3v) is 19.2. The first-order valence-electron chi connectivity index (χ1n) is 46.0. The molecule has 0 aliphatic rings. The van der Waals surface area contributed by atoms with Crippen molar-refractivity contribution in [2.75, 3.05) is 65.9 Å². The molecule has 3 atom stereocenters. The van der Waals surface area contributed by atoms with E-state index in [0.717, 1.165) is 30.1 Å². The van der Waals surface area contributed by atoms with Crippen LogP contribution in [0.15, 0.2) is 0 Å². The SMILES string of the molecule is CC(C)CCC(CCC(C)C)(CCC(C)C)CC(C)C.CC(C)CC[N+](CCC(=O)NC(C)C)(CC(=O)NC(C)C)C(=O)NC(C)C.CC(C)NC(CCC(=O)CC(CCC(=O)C(C)C)C(=O)C(C)C)C(=O)C(C)C.CC(C)NC(COC(C)C)(COC(C)C)COC(C)C.CC(C)OCC(COC(C)C)(COC(C)C)COC(C)C. The number of ketones is 4. The zero-order valence-electron chi connectivity index (χ0n) is 83.3. The van der Waals surface area contributed by atoms with Gasteiger partial charge in [0.2, 0.25) is 5.91 Å². The minimum Gasteiger partial charge on any atom is -0.378 e. The molecule has 116 heavy (non-hydrogen) atoms. The summed E-state index contributed by atoms with van der Waals surface area (Å²) in [6.45, 7) is 87.5. The highest BCUT2D eigenvalue weighted by molar-refractivity contribution is 5.91. The highest BCUT2D eigenvalue weighted by atomic mass is 16.5. The molecule has 0 aromatic rings. The van der Waals surface area contributed by atoms with Gasteiger partial charge in [0.25, 0.3) is 5.91 Å². The van der Waals surface area contributed by atoms with Crippen LogP contribution >= 0.6 is 0 Å². The maximum Gasteiger partial charge on any atom is 0.417 e. The molecule has 3 unspecified atom stereocenters. The lowest BCUT2D eigenvalue weighted by molar-refractivity contribution is -0.843. The van der Waals surface area contributed by atoms with Crippen LogP contribution in [0.4, 0.5) is 4.79 Å². The summed E-state index contributed by atoms with van der Waals surface area (Å²) in [5, 5.41) is 15.5. The van der Waals surface area contributed by atoms with Gasteiger partial charge in [-0.1, -0.05) is 158 Å². The highest BCUT2D eigenvalue weighted by Crippen LogP contribution is 2.44. The maximum absolute atomic E-state index is 13.1. The molecule has 0 bridgehead atoms. The molecule has 4 amide bonds. The molecule has 0 saturated carbocycles. The Morgan fingerprint density at radius 3 is 0.974 bits per heavy atom. The zero-order valence-corrected chi connectivity index (χ0v) is 83.3. The number of nitrogens with zero attached hydrogens (tertiary/aromatic N) is 1. The van der Waals surface area contributed by atoms with E-state index in [1.165, 1.54) is 44.9 Å². The van der Waals surface area contributed by atoms with Crippen LogP contribution in [-0.4, -0.2) is 196 Å². The fourth-order valence-electron chi connectivity index (χ4n) is 12.8. The average Bonchev–Trinajstić information content (AvgIpc) is 0.807. The second-order valence-electron chi connectivity index (χ2n) is 40.4. The van der Waals surface area contributed by atoms with Gasteiger partial charge >= 0.3 is 6.03 Å². The van der Waals surface area contributed by atoms with Gasteiger partial charge in [0, 0.05) is 73.1 Å². The van der Waals surface area contributed by atoms with Gasteiger partial charge in [-0.25, -0.2) is 9.28 Å². The number of ether oxygens (including phenoxy) is 7. The van der Waals surface area contributed by atoms with Crippen LogP contribution < -0.4 is 26.6 Å². The largest absolute Gasteiger partial charge is 0.417 e. The Morgan fingerprint density at radius 1 is 0.319 bits per heavy atom. The van der Waals surface area contributed by atoms with E-state index in [4.69, 9.17) is 33.2 Å². The number of carbonyl (C=O) groups is 7. The molecule has 5 N–H and O–H groups in total. The van der Waals surface area contributed by atoms with Gasteiger partial charge in [0.1, 0.15) is 17.3 Å². The number of urea groups is 1. The van der Waals surface area contributed by atoms with Crippen molar-refractivity contribution in [3.63, 3.8) is 0 Å². The van der Waals surface area contributed by atoms with Crippen molar-refractivity contribution in [3.05, 3.63) is 0 Å². The van der Waals surface area contributed by atoms with E-state index in [-0.39, 0.29) is 173 Å². The first-order valence-corrected chi connectivity index (χ1v) is 46.0. The van der Waals surface area contributed by atoms with E-state index < -0.39 is 5.92 Å². The molecule has 0 aromatic heterocycles. The van der Waals surface area contributed by atoms with Crippen molar-refractivity contribution in [1.82, 2.24) is 26.6 Å². The number of hydrogen-bond donors (Lipinski definition) is 5. The number of hydrogen-bond acceptors (Lipinski definition) is 16. The second kappa shape index (κ2) is 66.3. The van der Waals surface area contributed by atoms with Crippen LogP contribution in [0.5, 0.6) is 0 Å². The van der Waals surface area contributed by atoms with Crippen LogP contribution in [0.3, 0.4) is 0 Å². The molecule has 0 saturated heterocycles. The molecule has 692 valence electrons. The van der Waals surface area contributed by atoms with Gasteiger partial charge in [-0.2, -0.15) is 0 Å². The fourth-order valence-corrected chi connectivity index (χ4v) is 12.8. The summed E-state index contributed by atoms with van der Waals surface area (Å²) in [7, 11) is 0. The van der Waals surface area contributed by atoms with Crippen molar-refractivity contribution in [2.24, 2.45) is 64.1 Å². The molecule has 0 aromatic carbocycles. The number of Topliss-reactive ketones (excluding diaryl/α,β-unsaturated/α-hetero) is 4. The molecular formula is C96H195N6O14+. The Hall–Kier alpha value is -3.31. The van der Waals surface area contributed by atoms with Gasteiger partial charge in [-0.05, 0) is 218 Å². The normalized spacial score (nSPS) is 13.5. The van der Waals surface area contributed by atoms with Gasteiger partial charge in [-0.15, -0.1) is 0 Å². The topological polar surface area (TPSA) is 244 Å². The van der Waals surface area contributed by atoms with Crippen LogP contribution in [0.2, 0.25) is 0 Å². The summed E-state index contributed by atoms with van der Waals surface area (Å²) in [6.07, 6.45) is 13.9. The molecule has 20 heteroatoms. The number of nitrogens with one attached hydrogen (secondary N) is 5. The summed E-state index contributed by atoms with van der Waals surface area (Å²) in [5.41, 5.74) is 0.0586. The van der Waals surface area contributed by atoms with Crippen LogP contribution in [0.25, 0.3) is 0 Å². The Kier molecular flexibility index (Phi) is 69.3. The summed E-state index contributed by atoms with van der Waals surface area (Å²) >= 11 is 0. The predicted molar refractivity (Wildman–Crippen MR) is 487 cm³/mol. The van der Waals surface area contributed by atoms with Crippen molar-refractivity contribution < 1.29 is 71.2 Å². The smallest absolute Gasteiger partial charge is 0.378 e. The predicted octanol–water partition coefficient (Wildman–Crippen LogP) is 20.6. The lowest BCUT2D eigenvalue weighted by Crippen LogP contribution is -2.63. The summed E-state index contributed by atoms with van der Waals surface area (Å²) in [5.74, 6) is 3.04. The minimum atomic E-state index is -0.410. The molecule has 0 radical (unpaired) electrons. The van der Waals surface area contributed by atoms with Crippen LogP contribution in [0.1, 0.15) is 367 Å². The maximum atomic E-state index is 13.1. The van der Waals surface area contributed by atoms with Crippen LogP contribution in [-0.2, 0) is 61.9 Å². The molecule has 0 fully saturated rings. The van der Waals surface area contributed by atoms with E-state index in [2.05, 4.69) is 110 Å². The monoisotopic (exact) mass is 1660 g/mol. The van der Waals surface area contributed by atoms with Gasteiger partial charge < -0.3 is 59.7 Å². The molecular weight excluding hydrogens is 1460 g/mol. The molecule has 0 aliphatic heterocycles. The molecule has 0 rings (SSSR count). The lowest BCUT2D eigenvalue weighted by atomic mass is 9.68. The van der Waals surface area contributed by atoms with Crippen molar-refractivity contribution >= 4 is 41.0 Å². The fraction of sp³-hybridized carbons (Fsp3) is 0.927. The Morgan fingerprint density at radius 2 is 0.672 bits per heavy atom.